The van der Waals surface area contributed by atoms with Crippen molar-refractivity contribution >= 4 is 16.8 Å². The summed E-state index contributed by atoms with van der Waals surface area (Å²) in [6, 6.07) is 7.76. The molecule has 5 rings (SSSR count). The summed E-state index contributed by atoms with van der Waals surface area (Å²) < 4.78 is 7.08. The number of hydrogen-bond acceptors (Lipinski definition) is 6. The molecule has 1 amide bonds. The van der Waals surface area contributed by atoms with Crippen molar-refractivity contribution in [2.45, 2.75) is 32.2 Å². The molecular weight excluding hydrogens is 370 g/mol. The summed E-state index contributed by atoms with van der Waals surface area (Å²) in [5, 5.41) is 13.3. The number of rotatable bonds is 4. The molecule has 1 aromatic carbocycles. The number of nitrogens with one attached hydrogen (secondary N) is 1. The van der Waals surface area contributed by atoms with E-state index in [0.717, 1.165) is 22.9 Å². The highest BCUT2D eigenvalue weighted by atomic mass is 16.5. The molecule has 9 heteroatoms. The monoisotopic (exact) mass is 391 g/mol. The fourth-order valence-electron chi connectivity index (χ4n) is 3.71. The molecule has 4 aromatic rings. The Morgan fingerprint density at radius 2 is 2.21 bits per heavy atom. The second kappa shape index (κ2) is 6.84. The Hall–Kier alpha value is -3.49. The van der Waals surface area contributed by atoms with Gasteiger partial charge in [0, 0.05) is 41.7 Å². The molecule has 1 saturated heterocycles. The van der Waals surface area contributed by atoms with Crippen LogP contribution < -0.4 is 0 Å². The van der Waals surface area contributed by atoms with Crippen LogP contribution in [0.15, 0.2) is 41.2 Å². The number of carbonyl (C=O) groups excluding carboxylic acids is 1. The first-order valence-corrected chi connectivity index (χ1v) is 9.71. The van der Waals surface area contributed by atoms with Crippen LogP contribution in [-0.2, 0) is 0 Å². The molecule has 148 valence electrons. The molecule has 0 bridgehead atoms. The number of fused-ring (bicyclic) bond motifs is 1. The molecule has 0 aliphatic carbocycles. The second-order valence-corrected chi connectivity index (χ2v) is 7.63. The molecule has 4 heterocycles. The number of hydrogen-bond donors (Lipinski definition) is 1. The zero-order valence-electron chi connectivity index (χ0n) is 16.2. The quantitative estimate of drug-likeness (QED) is 0.573. The number of H-pyrrole nitrogens is 1. The first-order valence-electron chi connectivity index (χ1n) is 9.71. The van der Waals surface area contributed by atoms with E-state index in [2.05, 4.69) is 25.4 Å². The molecule has 1 fully saturated rings. The van der Waals surface area contributed by atoms with E-state index in [1.807, 2.05) is 55.4 Å². The Balaban J connectivity index is 1.33. The van der Waals surface area contributed by atoms with Gasteiger partial charge in [-0.25, -0.2) is 4.68 Å². The molecule has 1 atom stereocenters. The van der Waals surface area contributed by atoms with Gasteiger partial charge in [-0.05, 0) is 24.6 Å². The highest BCUT2D eigenvalue weighted by molar-refractivity contribution is 6.06. The van der Waals surface area contributed by atoms with E-state index < -0.39 is 0 Å². The minimum Gasteiger partial charge on any atom is -0.361 e. The number of aromatic amines is 1. The van der Waals surface area contributed by atoms with Crippen molar-refractivity contribution < 1.29 is 9.32 Å². The van der Waals surface area contributed by atoms with Crippen LogP contribution >= 0.6 is 0 Å². The van der Waals surface area contributed by atoms with Gasteiger partial charge in [-0.2, -0.15) is 4.98 Å². The lowest BCUT2D eigenvalue weighted by Gasteiger charge is -2.17. The Kier molecular flexibility index (Phi) is 4.15. The van der Waals surface area contributed by atoms with Gasteiger partial charge in [0.25, 0.3) is 11.8 Å². The molecule has 1 aliphatic rings. The summed E-state index contributed by atoms with van der Waals surface area (Å²) in [5.74, 6) is 1.23. The van der Waals surface area contributed by atoms with Gasteiger partial charge >= 0.3 is 0 Å². The number of aromatic nitrogens is 6. The normalized spacial score (nSPS) is 16.9. The van der Waals surface area contributed by atoms with Crippen LogP contribution in [0.2, 0.25) is 0 Å². The lowest BCUT2D eigenvalue weighted by Crippen LogP contribution is -2.29. The zero-order chi connectivity index (χ0) is 20.0. The Bertz CT molecular complexity index is 1170. The fraction of sp³-hybridized carbons (Fsp3) is 0.350. The summed E-state index contributed by atoms with van der Waals surface area (Å²) in [5.41, 5.74) is 2.23. The van der Waals surface area contributed by atoms with Crippen LogP contribution in [0.25, 0.3) is 22.5 Å². The van der Waals surface area contributed by atoms with Crippen molar-refractivity contribution in [3.63, 3.8) is 0 Å². The average Bonchev–Trinajstić information content (AvgIpc) is 3.52. The molecule has 0 saturated carbocycles. The van der Waals surface area contributed by atoms with E-state index in [1.54, 1.807) is 4.68 Å². The molecule has 0 radical (unpaired) electrons. The molecular formula is C20H21N7O2. The largest absolute Gasteiger partial charge is 0.361 e. The van der Waals surface area contributed by atoms with Crippen LogP contribution in [-0.4, -0.2) is 54.0 Å². The summed E-state index contributed by atoms with van der Waals surface area (Å²) in [6.45, 7) is 5.27. The van der Waals surface area contributed by atoms with Crippen molar-refractivity contribution in [3.05, 3.63) is 48.0 Å². The molecule has 9 nitrogen and oxygen atoms in total. The van der Waals surface area contributed by atoms with Crippen LogP contribution in [0.1, 0.15) is 48.4 Å². The van der Waals surface area contributed by atoms with Crippen molar-refractivity contribution in [2.24, 2.45) is 0 Å². The summed E-state index contributed by atoms with van der Waals surface area (Å²) in [7, 11) is 0. The van der Waals surface area contributed by atoms with E-state index in [0.29, 0.717) is 30.5 Å². The maximum absolute atomic E-state index is 13.1. The van der Waals surface area contributed by atoms with Gasteiger partial charge in [0.15, 0.2) is 11.5 Å². The van der Waals surface area contributed by atoms with E-state index >= 15 is 0 Å². The van der Waals surface area contributed by atoms with Crippen molar-refractivity contribution in [3.8, 4) is 11.6 Å². The lowest BCUT2D eigenvalue weighted by atomic mass is 10.1. The molecule has 3 aromatic heterocycles. The first-order chi connectivity index (χ1) is 14.1. The van der Waals surface area contributed by atoms with Gasteiger partial charge in [0.2, 0.25) is 0 Å². The third-order valence-electron chi connectivity index (χ3n) is 5.34. The van der Waals surface area contributed by atoms with Gasteiger partial charge in [0.05, 0.1) is 12.2 Å². The summed E-state index contributed by atoms with van der Waals surface area (Å²) >= 11 is 0. The number of benzene rings is 1. The smallest absolute Gasteiger partial charge is 0.280 e. The third kappa shape index (κ3) is 3.08. The van der Waals surface area contributed by atoms with Crippen LogP contribution in [0.3, 0.4) is 0 Å². The van der Waals surface area contributed by atoms with E-state index in [-0.39, 0.29) is 17.9 Å². The molecule has 0 spiro atoms. The maximum atomic E-state index is 13.1. The van der Waals surface area contributed by atoms with Gasteiger partial charge in [-0.1, -0.05) is 30.3 Å². The molecule has 1 N–H and O–H groups in total. The van der Waals surface area contributed by atoms with E-state index in [4.69, 9.17) is 4.52 Å². The maximum Gasteiger partial charge on any atom is 0.280 e. The van der Waals surface area contributed by atoms with Gasteiger partial charge in [-0.3, -0.25) is 4.79 Å². The minimum atomic E-state index is 0.0384. The first kappa shape index (κ1) is 17.6. The van der Waals surface area contributed by atoms with E-state index in [1.165, 1.54) is 0 Å². The van der Waals surface area contributed by atoms with Gasteiger partial charge in [-0.15, -0.1) is 5.10 Å². The number of likely N-dealkylation sites (tertiary alicyclic amines) is 1. The fourth-order valence-corrected chi connectivity index (χ4v) is 3.71. The second-order valence-electron chi connectivity index (χ2n) is 7.63. The Labute approximate surface area is 166 Å². The van der Waals surface area contributed by atoms with Crippen molar-refractivity contribution in [1.82, 2.24) is 35.0 Å². The number of amides is 1. The highest BCUT2D eigenvalue weighted by Crippen LogP contribution is 2.26. The SMILES string of the molecule is CC(C)c1noc(-c2cn([C@@H]3CCN(C(=O)c4cccc5[nH]ccc45)C3)nn2)n1. The lowest BCUT2D eigenvalue weighted by molar-refractivity contribution is 0.0789. The van der Waals surface area contributed by atoms with Gasteiger partial charge in [0.1, 0.15) is 0 Å². The molecule has 0 unspecified atom stereocenters. The predicted molar refractivity (Wildman–Crippen MR) is 105 cm³/mol. The third-order valence-corrected chi connectivity index (χ3v) is 5.34. The van der Waals surface area contributed by atoms with Crippen molar-refractivity contribution in [2.75, 3.05) is 13.1 Å². The van der Waals surface area contributed by atoms with E-state index in [9.17, 15) is 4.79 Å². The summed E-state index contributed by atoms with van der Waals surface area (Å²) in [6.07, 6.45) is 4.48. The average molecular weight is 391 g/mol. The van der Waals surface area contributed by atoms with Crippen LogP contribution in [0.4, 0.5) is 0 Å². The molecule has 29 heavy (non-hydrogen) atoms. The topological polar surface area (TPSA) is 106 Å². The van der Waals surface area contributed by atoms with Crippen LogP contribution in [0, 0.1) is 0 Å². The standard InChI is InChI=1S/C20H21N7O2/c1-12(2)18-22-19(29-24-18)17-11-27(25-23-17)13-7-9-26(10-13)20(28)15-4-3-5-16-14(15)6-8-21-16/h3-6,8,11-13,21H,7,9-10H2,1-2H3/t13-/m1/s1. The van der Waals surface area contributed by atoms with Gasteiger partial charge < -0.3 is 14.4 Å². The Morgan fingerprint density at radius 3 is 3.03 bits per heavy atom. The predicted octanol–water partition coefficient (Wildman–Crippen LogP) is 3.02. The summed E-state index contributed by atoms with van der Waals surface area (Å²) in [4.78, 5) is 22.5. The Morgan fingerprint density at radius 1 is 1.31 bits per heavy atom. The number of nitrogens with zero attached hydrogens (tertiary/aromatic N) is 6. The van der Waals surface area contributed by atoms with Crippen LogP contribution in [0.5, 0.6) is 0 Å². The van der Waals surface area contributed by atoms with Crippen molar-refractivity contribution in [1.29, 1.82) is 0 Å². The zero-order valence-corrected chi connectivity index (χ0v) is 16.2. The molecule has 1 aliphatic heterocycles. The number of carbonyl (C=O) groups is 1. The minimum absolute atomic E-state index is 0.0384. The highest BCUT2D eigenvalue weighted by Gasteiger charge is 2.30.